The molecule has 30 heavy (non-hydrogen) atoms. The zero-order valence-electron chi connectivity index (χ0n) is 15.7. The Morgan fingerprint density at radius 3 is 2.47 bits per heavy atom. The van der Waals surface area contributed by atoms with E-state index in [1.807, 2.05) is 0 Å². The number of hydrazine groups is 1. The zero-order chi connectivity index (χ0) is 21.7. The van der Waals surface area contributed by atoms with Crippen LogP contribution in [0.25, 0.3) is 0 Å². The highest BCUT2D eigenvalue weighted by Crippen LogP contribution is 2.27. The highest BCUT2D eigenvalue weighted by molar-refractivity contribution is 7.89. The van der Waals surface area contributed by atoms with Crippen LogP contribution in [0.2, 0.25) is 10.0 Å². The second-order valence-electron chi connectivity index (χ2n) is 6.50. The molecule has 160 valence electrons. The van der Waals surface area contributed by atoms with E-state index in [1.54, 1.807) is 6.07 Å². The molecule has 0 bridgehead atoms. The molecule has 0 radical (unpaired) electrons. The van der Waals surface area contributed by atoms with Crippen molar-refractivity contribution in [1.82, 2.24) is 15.2 Å². The number of nitrogens with zero attached hydrogens (tertiary/aromatic N) is 1. The van der Waals surface area contributed by atoms with Gasteiger partial charge in [-0.25, -0.2) is 8.42 Å². The van der Waals surface area contributed by atoms with Crippen LogP contribution < -0.4 is 15.6 Å². The number of hydrogen-bond donors (Lipinski definition) is 2. The molecule has 1 saturated heterocycles. The summed E-state index contributed by atoms with van der Waals surface area (Å²) in [6, 6.07) is 10.2. The number of halogens is 2. The summed E-state index contributed by atoms with van der Waals surface area (Å²) in [7, 11) is -3.65. The fourth-order valence-electron chi connectivity index (χ4n) is 2.85. The van der Waals surface area contributed by atoms with E-state index in [-0.39, 0.29) is 21.2 Å². The van der Waals surface area contributed by atoms with Crippen LogP contribution in [0, 0.1) is 0 Å². The third-order valence-electron chi connectivity index (χ3n) is 4.37. The molecule has 1 aliphatic rings. The molecule has 0 spiro atoms. The molecular formula is C19H19Cl2N3O5S. The minimum absolute atomic E-state index is 0.0316. The van der Waals surface area contributed by atoms with Crippen LogP contribution in [-0.4, -0.2) is 44.2 Å². The molecule has 1 aliphatic heterocycles. The maximum Gasteiger partial charge on any atom is 0.276 e. The molecule has 1 fully saturated rings. The summed E-state index contributed by atoms with van der Waals surface area (Å²) in [5.41, 5.74) is 4.52. The standard InChI is InChI=1S/C19H19Cl2N3O5S/c20-14-6-7-17(16(21)11-14)29-12-18(25)22-23-19(26)13-4-3-5-15(10-13)30(27,28)24-8-1-2-9-24/h3-7,10-11H,1-2,8-9,12H2,(H,22,25)(H,23,26). The molecule has 2 aromatic carbocycles. The smallest absolute Gasteiger partial charge is 0.276 e. The highest BCUT2D eigenvalue weighted by Gasteiger charge is 2.27. The van der Waals surface area contributed by atoms with Crippen LogP contribution in [0.15, 0.2) is 47.4 Å². The number of ether oxygens (including phenoxy) is 1. The third kappa shape index (κ3) is 5.42. The van der Waals surface area contributed by atoms with Gasteiger partial charge in [0.1, 0.15) is 5.75 Å². The van der Waals surface area contributed by atoms with Crippen molar-refractivity contribution in [3.05, 3.63) is 58.1 Å². The first-order valence-corrected chi connectivity index (χ1v) is 11.2. The molecule has 0 atom stereocenters. The van der Waals surface area contributed by atoms with Crippen molar-refractivity contribution in [2.24, 2.45) is 0 Å². The van der Waals surface area contributed by atoms with Crippen molar-refractivity contribution in [2.45, 2.75) is 17.7 Å². The summed E-state index contributed by atoms with van der Waals surface area (Å²) in [5.74, 6) is -1.02. The van der Waals surface area contributed by atoms with Gasteiger partial charge in [-0.2, -0.15) is 4.31 Å². The Bertz CT molecular complexity index is 1060. The number of hydrogen-bond acceptors (Lipinski definition) is 5. The first-order valence-electron chi connectivity index (χ1n) is 9.04. The molecule has 3 rings (SSSR count). The minimum atomic E-state index is -3.65. The van der Waals surface area contributed by atoms with Gasteiger partial charge in [0.05, 0.1) is 9.92 Å². The van der Waals surface area contributed by atoms with Gasteiger partial charge in [0.25, 0.3) is 11.8 Å². The van der Waals surface area contributed by atoms with Crippen LogP contribution in [0.4, 0.5) is 0 Å². The number of benzene rings is 2. The second kappa shape index (κ2) is 9.65. The molecule has 8 nitrogen and oxygen atoms in total. The molecule has 2 aromatic rings. The molecule has 0 unspecified atom stereocenters. The Morgan fingerprint density at radius 2 is 1.77 bits per heavy atom. The monoisotopic (exact) mass is 471 g/mol. The lowest BCUT2D eigenvalue weighted by molar-refractivity contribution is -0.123. The van der Waals surface area contributed by atoms with Crippen LogP contribution >= 0.6 is 23.2 Å². The van der Waals surface area contributed by atoms with E-state index in [0.29, 0.717) is 18.1 Å². The number of carbonyl (C=O) groups excluding carboxylic acids is 2. The van der Waals surface area contributed by atoms with E-state index in [1.165, 1.54) is 40.7 Å². The van der Waals surface area contributed by atoms with E-state index >= 15 is 0 Å². The summed E-state index contributed by atoms with van der Waals surface area (Å²) >= 11 is 11.7. The Hall–Kier alpha value is -2.33. The maximum atomic E-state index is 12.6. The van der Waals surface area contributed by atoms with Gasteiger partial charge in [-0.1, -0.05) is 29.3 Å². The average molecular weight is 472 g/mol. The predicted octanol–water partition coefficient (Wildman–Crippen LogP) is 2.62. The minimum Gasteiger partial charge on any atom is -0.482 e. The number of rotatable bonds is 6. The molecule has 0 saturated carbocycles. The Labute approximate surface area is 184 Å². The summed E-state index contributed by atoms with van der Waals surface area (Å²) in [4.78, 5) is 24.2. The second-order valence-corrected chi connectivity index (χ2v) is 9.29. The first-order chi connectivity index (χ1) is 14.3. The lowest BCUT2D eigenvalue weighted by Gasteiger charge is -2.16. The lowest BCUT2D eigenvalue weighted by atomic mass is 10.2. The van der Waals surface area contributed by atoms with Gasteiger partial charge >= 0.3 is 0 Å². The van der Waals surface area contributed by atoms with Crippen molar-refractivity contribution >= 4 is 45.0 Å². The highest BCUT2D eigenvalue weighted by atomic mass is 35.5. The summed E-state index contributed by atoms with van der Waals surface area (Å²) in [5, 5.41) is 0.674. The van der Waals surface area contributed by atoms with Crippen molar-refractivity contribution in [1.29, 1.82) is 0 Å². The molecule has 2 amide bonds. The van der Waals surface area contributed by atoms with Crippen molar-refractivity contribution in [3.8, 4) is 5.75 Å². The van der Waals surface area contributed by atoms with Gasteiger partial charge < -0.3 is 4.74 Å². The molecule has 11 heteroatoms. The van der Waals surface area contributed by atoms with E-state index in [9.17, 15) is 18.0 Å². The number of carbonyl (C=O) groups is 2. The average Bonchev–Trinajstić information content (AvgIpc) is 3.27. The van der Waals surface area contributed by atoms with Gasteiger partial charge in [-0.15, -0.1) is 0 Å². The summed E-state index contributed by atoms with van der Waals surface area (Å²) in [6.45, 7) is 0.532. The van der Waals surface area contributed by atoms with E-state index in [2.05, 4.69) is 10.9 Å². The topological polar surface area (TPSA) is 105 Å². The lowest BCUT2D eigenvalue weighted by Crippen LogP contribution is -2.43. The zero-order valence-corrected chi connectivity index (χ0v) is 18.1. The van der Waals surface area contributed by atoms with Crippen LogP contribution in [0.3, 0.4) is 0 Å². The predicted molar refractivity (Wildman–Crippen MR) is 112 cm³/mol. The molecule has 2 N–H and O–H groups in total. The Balaban J connectivity index is 1.56. The van der Waals surface area contributed by atoms with E-state index < -0.39 is 28.4 Å². The van der Waals surface area contributed by atoms with Crippen molar-refractivity contribution in [2.75, 3.05) is 19.7 Å². The van der Waals surface area contributed by atoms with Gasteiger partial charge in [-0.3, -0.25) is 20.4 Å². The Morgan fingerprint density at radius 1 is 1.03 bits per heavy atom. The van der Waals surface area contributed by atoms with Gasteiger partial charge in [0.15, 0.2) is 6.61 Å². The summed E-state index contributed by atoms with van der Waals surface area (Å²) in [6.07, 6.45) is 1.63. The molecule has 0 aromatic heterocycles. The molecular weight excluding hydrogens is 453 g/mol. The fraction of sp³-hybridized carbons (Fsp3) is 0.263. The number of amides is 2. The van der Waals surface area contributed by atoms with Crippen molar-refractivity contribution in [3.63, 3.8) is 0 Å². The van der Waals surface area contributed by atoms with Crippen LogP contribution in [0.5, 0.6) is 5.75 Å². The normalized spacial score (nSPS) is 14.3. The molecule has 0 aliphatic carbocycles. The van der Waals surface area contributed by atoms with Crippen LogP contribution in [0.1, 0.15) is 23.2 Å². The first kappa shape index (κ1) is 22.4. The third-order valence-corrected chi connectivity index (χ3v) is 6.79. The fourth-order valence-corrected chi connectivity index (χ4v) is 4.87. The largest absolute Gasteiger partial charge is 0.482 e. The maximum absolute atomic E-state index is 12.6. The number of sulfonamides is 1. The van der Waals surface area contributed by atoms with E-state index in [0.717, 1.165) is 12.8 Å². The Kier molecular flexibility index (Phi) is 7.19. The van der Waals surface area contributed by atoms with E-state index in [4.69, 9.17) is 27.9 Å². The quantitative estimate of drug-likeness (QED) is 0.629. The molecule has 1 heterocycles. The van der Waals surface area contributed by atoms with Gasteiger partial charge in [-0.05, 0) is 49.2 Å². The SMILES string of the molecule is O=C(COc1ccc(Cl)cc1Cl)NNC(=O)c1cccc(S(=O)(=O)N2CCCC2)c1. The number of nitrogens with one attached hydrogen (secondary N) is 2. The van der Waals surface area contributed by atoms with Gasteiger partial charge in [0, 0.05) is 23.7 Å². The van der Waals surface area contributed by atoms with Crippen molar-refractivity contribution < 1.29 is 22.7 Å². The summed E-state index contributed by atoms with van der Waals surface area (Å²) < 4.78 is 31.9. The van der Waals surface area contributed by atoms with Crippen LogP contribution in [-0.2, 0) is 14.8 Å². The van der Waals surface area contributed by atoms with Gasteiger partial charge in [0.2, 0.25) is 10.0 Å².